The first-order valence-corrected chi connectivity index (χ1v) is 7.63. The molecule has 2 aliphatic carbocycles. The van der Waals surface area contributed by atoms with Crippen LogP contribution in [-0.2, 0) is 9.59 Å². The van der Waals surface area contributed by atoms with Crippen molar-refractivity contribution in [3.8, 4) is 0 Å². The Labute approximate surface area is 123 Å². The van der Waals surface area contributed by atoms with E-state index in [1.807, 2.05) is 0 Å². The largest absolute Gasteiger partial charge is 0.480 e. The van der Waals surface area contributed by atoms with Gasteiger partial charge in [-0.05, 0) is 37.5 Å². The van der Waals surface area contributed by atoms with E-state index in [0.717, 1.165) is 32.1 Å². The fourth-order valence-corrected chi connectivity index (χ4v) is 3.59. The highest BCUT2D eigenvalue weighted by Crippen LogP contribution is 2.42. The van der Waals surface area contributed by atoms with Crippen molar-refractivity contribution in [1.29, 1.82) is 0 Å². The molecule has 7 heteroatoms. The standard InChI is InChI=1S/C14H21N3O4/c18-11(16-9-4-5-9)6-15-14(21)17-7-8-2-1-3-10(8)12(17)13(19)20/h8-10,12H,1-7H2,(H,15,21)(H,16,18)(H,19,20). The summed E-state index contributed by atoms with van der Waals surface area (Å²) in [5, 5.41) is 14.7. The van der Waals surface area contributed by atoms with Crippen LogP contribution in [0.3, 0.4) is 0 Å². The summed E-state index contributed by atoms with van der Waals surface area (Å²) in [6.45, 7) is 0.394. The van der Waals surface area contributed by atoms with Gasteiger partial charge in [-0.2, -0.15) is 0 Å². The number of likely N-dealkylation sites (tertiary alicyclic amines) is 1. The predicted octanol–water partition coefficient (Wildman–Crippen LogP) is 0.160. The van der Waals surface area contributed by atoms with Gasteiger partial charge in [0.05, 0.1) is 6.54 Å². The normalized spacial score (nSPS) is 30.9. The van der Waals surface area contributed by atoms with Gasteiger partial charge in [-0.15, -0.1) is 0 Å². The molecule has 0 radical (unpaired) electrons. The van der Waals surface area contributed by atoms with Crippen LogP contribution in [-0.4, -0.2) is 53.1 Å². The minimum atomic E-state index is -0.943. The molecule has 21 heavy (non-hydrogen) atoms. The number of nitrogens with one attached hydrogen (secondary N) is 2. The Bertz CT molecular complexity index is 463. The molecule has 2 saturated carbocycles. The molecular formula is C14H21N3O4. The molecule has 3 unspecified atom stereocenters. The Morgan fingerprint density at radius 2 is 1.90 bits per heavy atom. The number of rotatable bonds is 4. The smallest absolute Gasteiger partial charge is 0.326 e. The molecule has 0 aromatic heterocycles. The topological polar surface area (TPSA) is 98.7 Å². The van der Waals surface area contributed by atoms with Crippen LogP contribution >= 0.6 is 0 Å². The summed E-state index contributed by atoms with van der Waals surface area (Å²) in [5.41, 5.74) is 0. The number of aliphatic carboxylic acids is 1. The van der Waals surface area contributed by atoms with Gasteiger partial charge in [0.2, 0.25) is 5.91 Å². The second kappa shape index (κ2) is 5.54. The van der Waals surface area contributed by atoms with Crippen molar-refractivity contribution >= 4 is 17.9 Å². The van der Waals surface area contributed by atoms with Gasteiger partial charge >= 0.3 is 12.0 Å². The Balaban J connectivity index is 1.55. The lowest BCUT2D eigenvalue weighted by Gasteiger charge is -2.24. The van der Waals surface area contributed by atoms with Crippen LogP contribution < -0.4 is 10.6 Å². The van der Waals surface area contributed by atoms with Crippen molar-refractivity contribution in [3.05, 3.63) is 0 Å². The number of carboxylic acids is 1. The molecule has 3 atom stereocenters. The molecule has 3 aliphatic rings. The van der Waals surface area contributed by atoms with E-state index in [1.165, 1.54) is 4.90 Å². The van der Waals surface area contributed by atoms with E-state index in [2.05, 4.69) is 10.6 Å². The zero-order chi connectivity index (χ0) is 15.0. The number of carbonyl (C=O) groups excluding carboxylic acids is 2. The number of carbonyl (C=O) groups is 3. The van der Waals surface area contributed by atoms with Crippen molar-refractivity contribution in [2.75, 3.05) is 13.1 Å². The molecule has 3 amide bonds. The van der Waals surface area contributed by atoms with Crippen LogP contribution in [0.5, 0.6) is 0 Å². The number of hydrogen-bond acceptors (Lipinski definition) is 3. The van der Waals surface area contributed by atoms with Crippen molar-refractivity contribution in [2.24, 2.45) is 11.8 Å². The highest BCUT2D eigenvalue weighted by molar-refractivity contribution is 5.87. The Kier molecular flexibility index (Phi) is 3.73. The van der Waals surface area contributed by atoms with Crippen molar-refractivity contribution in [1.82, 2.24) is 15.5 Å². The quantitative estimate of drug-likeness (QED) is 0.688. The van der Waals surface area contributed by atoms with Gasteiger partial charge in [0.1, 0.15) is 6.04 Å². The lowest BCUT2D eigenvalue weighted by molar-refractivity contribution is -0.142. The minimum absolute atomic E-state index is 0.0635. The van der Waals surface area contributed by atoms with E-state index in [0.29, 0.717) is 6.54 Å². The second-order valence-corrected chi connectivity index (χ2v) is 6.29. The maximum absolute atomic E-state index is 12.2. The summed E-state index contributed by atoms with van der Waals surface area (Å²) in [7, 11) is 0. The Morgan fingerprint density at radius 3 is 2.57 bits per heavy atom. The third kappa shape index (κ3) is 2.96. The maximum atomic E-state index is 12.2. The maximum Gasteiger partial charge on any atom is 0.326 e. The van der Waals surface area contributed by atoms with Gasteiger partial charge in [0.25, 0.3) is 0 Å². The first kappa shape index (κ1) is 14.2. The third-order valence-corrected chi connectivity index (χ3v) is 4.75. The Morgan fingerprint density at radius 1 is 1.14 bits per heavy atom. The number of urea groups is 1. The van der Waals surface area contributed by atoms with Gasteiger partial charge in [-0.25, -0.2) is 9.59 Å². The summed E-state index contributed by atoms with van der Waals surface area (Å²) < 4.78 is 0. The van der Waals surface area contributed by atoms with E-state index < -0.39 is 18.0 Å². The number of amides is 3. The second-order valence-electron chi connectivity index (χ2n) is 6.29. The molecule has 116 valence electrons. The van der Waals surface area contributed by atoms with Crippen LogP contribution in [0.2, 0.25) is 0 Å². The van der Waals surface area contributed by atoms with Crippen LogP contribution in [0.4, 0.5) is 4.79 Å². The summed E-state index contributed by atoms with van der Waals surface area (Å²) in [6.07, 6.45) is 4.89. The van der Waals surface area contributed by atoms with Crippen LogP contribution in [0.15, 0.2) is 0 Å². The average Bonchev–Trinajstić information content (AvgIpc) is 2.99. The fourth-order valence-electron chi connectivity index (χ4n) is 3.59. The molecule has 3 N–H and O–H groups in total. The zero-order valence-electron chi connectivity index (χ0n) is 11.9. The van der Waals surface area contributed by atoms with E-state index in [4.69, 9.17) is 0 Å². The number of carboxylic acid groups (broad SMARTS) is 1. The minimum Gasteiger partial charge on any atom is -0.480 e. The molecule has 7 nitrogen and oxygen atoms in total. The first-order valence-electron chi connectivity index (χ1n) is 7.63. The molecule has 1 aliphatic heterocycles. The molecule has 0 bridgehead atoms. The van der Waals surface area contributed by atoms with E-state index >= 15 is 0 Å². The van der Waals surface area contributed by atoms with Crippen molar-refractivity contribution in [3.63, 3.8) is 0 Å². The predicted molar refractivity (Wildman–Crippen MR) is 73.5 cm³/mol. The molecule has 3 rings (SSSR count). The van der Waals surface area contributed by atoms with Crippen molar-refractivity contribution < 1.29 is 19.5 Å². The van der Waals surface area contributed by atoms with Crippen LogP contribution in [0.1, 0.15) is 32.1 Å². The highest BCUT2D eigenvalue weighted by Gasteiger charge is 2.49. The van der Waals surface area contributed by atoms with Crippen LogP contribution in [0.25, 0.3) is 0 Å². The molecule has 1 heterocycles. The molecule has 0 aromatic carbocycles. The van der Waals surface area contributed by atoms with E-state index in [-0.39, 0.29) is 30.3 Å². The summed E-state index contributed by atoms with van der Waals surface area (Å²) in [6, 6.07) is -0.931. The van der Waals surface area contributed by atoms with E-state index in [9.17, 15) is 19.5 Å². The van der Waals surface area contributed by atoms with Gasteiger partial charge in [-0.1, -0.05) is 6.42 Å². The lowest BCUT2D eigenvalue weighted by Crippen LogP contribution is -2.50. The van der Waals surface area contributed by atoms with E-state index in [1.54, 1.807) is 0 Å². The number of hydrogen-bond donors (Lipinski definition) is 3. The first-order chi connectivity index (χ1) is 10.1. The SMILES string of the molecule is O=C(CNC(=O)N1CC2CCCC2C1C(=O)O)NC1CC1. The molecule has 0 aromatic rings. The summed E-state index contributed by atoms with van der Waals surface area (Å²) in [4.78, 5) is 36.6. The molecule has 0 spiro atoms. The highest BCUT2D eigenvalue weighted by atomic mass is 16.4. The number of fused-ring (bicyclic) bond motifs is 1. The van der Waals surface area contributed by atoms with Gasteiger partial charge in [-0.3, -0.25) is 4.79 Å². The summed E-state index contributed by atoms with van der Waals surface area (Å²) >= 11 is 0. The zero-order valence-corrected chi connectivity index (χ0v) is 11.9. The fraction of sp³-hybridized carbons (Fsp3) is 0.786. The monoisotopic (exact) mass is 295 g/mol. The van der Waals surface area contributed by atoms with Gasteiger partial charge in [0, 0.05) is 12.6 Å². The number of nitrogens with zero attached hydrogens (tertiary/aromatic N) is 1. The van der Waals surface area contributed by atoms with Crippen molar-refractivity contribution in [2.45, 2.75) is 44.2 Å². The summed E-state index contributed by atoms with van der Waals surface area (Å²) in [5.74, 6) is -0.801. The Hall–Kier alpha value is -1.79. The lowest BCUT2D eigenvalue weighted by atomic mass is 9.94. The molecular weight excluding hydrogens is 274 g/mol. The van der Waals surface area contributed by atoms with Crippen LogP contribution in [0, 0.1) is 11.8 Å². The molecule has 3 fully saturated rings. The average molecular weight is 295 g/mol. The molecule has 1 saturated heterocycles. The van der Waals surface area contributed by atoms with Gasteiger partial charge < -0.3 is 20.6 Å². The van der Waals surface area contributed by atoms with Gasteiger partial charge in [0.15, 0.2) is 0 Å². The third-order valence-electron chi connectivity index (χ3n) is 4.75.